The zero-order valence-electron chi connectivity index (χ0n) is 8.00. The smallest absolute Gasteiger partial charge is 0.304 e. The minimum Gasteiger partial charge on any atom is -0.481 e. The highest BCUT2D eigenvalue weighted by Crippen LogP contribution is 2.20. The van der Waals surface area contributed by atoms with Gasteiger partial charge in [0.1, 0.15) is 15.8 Å². The summed E-state index contributed by atoms with van der Waals surface area (Å²) in [4.78, 5) is 10.2. The molecule has 0 aromatic carbocycles. The van der Waals surface area contributed by atoms with E-state index < -0.39 is 16.0 Å². The molecule has 8 heteroatoms. The maximum Gasteiger partial charge on any atom is 0.304 e. The van der Waals surface area contributed by atoms with Crippen LogP contribution in [0.2, 0.25) is 0 Å². The van der Waals surface area contributed by atoms with E-state index >= 15 is 0 Å². The largest absolute Gasteiger partial charge is 0.481 e. The molecule has 16 heavy (non-hydrogen) atoms. The number of hydrogen-bond donors (Lipinski definition) is 2. The summed E-state index contributed by atoms with van der Waals surface area (Å²) < 4.78 is 25.3. The standard InChI is InChI=1S/C8H8N2O4S2/c9-5-6-7(2-4-15-6)16(13,14)10-3-1-8(11)12/h2,4,10H,1,3H2,(H,11,12). The first-order chi connectivity index (χ1) is 7.47. The minimum atomic E-state index is -3.78. The Morgan fingerprint density at radius 3 is 2.88 bits per heavy atom. The third-order valence-corrected chi connectivity index (χ3v) is 4.10. The summed E-state index contributed by atoms with van der Waals surface area (Å²) in [6, 6.07) is 3.08. The molecule has 0 unspecified atom stereocenters. The molecular weight excluding hydrogens is 252 g/mol. The van der Waals surface area contributed by atoms with Gasteiger partial charge in [-0.25, -0.2) is 13.1 Å². The molecule has 0 saturated carbocycles. The second-order valence-electron chi connectivity index (χ2n) is 2.77. The van der Waals surface area contributed by atoms with Crippen LogP contribution in [0.3, 0.4) is 0 Å². The van der Waals surface area contributed by atoms with Crippen LogP contribution in [-0.2, 0) is 14.8 Å². The number of aliphatic carboxylic acids is 1. The summed E-state index contributed by atoms with van der Waals surface area (Å²) in [5, 5.41) is 18.5. The van der Waals surface area contributed by atoms with Crippen LogP contribution in [0, 0.1) is 11.3 Å². The van der Waals surface area contributed by atoms with Crippen LogP contribution >= 0.6 is 11.3 Å². The normalized spacial score (nSPS) is 10.9. The Balaban J connectivity index is 2.80. The predicted octanol–water partition coefficient (Wildman–Crippen LogP) is 0.373. The number of carboxylic acids is 1. The van der Waals surface area contributed by atoms with E-state index in [-0.39, 0.29) is 22.7 Å². The highest BCUT2D eigenvalue weighted by molar-refractivity contribution is 7.89. The van der Waals surface area contributed by atoms with E-state index in [2.05, 4.69) is 4.72 Å². The van der Waals surface area contributed by atoms with Crippen molar-refractivity contribution in [2.75, 3.05) is 6.54 Å². The molecule has 0 saturated heterocycles. The van der Waals surface area contributed by atoms with Gasteiger partial charge in [-0.05, 0) is 11.4 Å². The molecule has 0 aliphatic rings. The maximum absolute atomic E-state index is 11.6. The lowest BCUT2D eigenvalue weighted by Gasteiger charge is -2.03. The molecule has 1 aromatic heterocycles. The third-order valence-electron chi connectivity index (χ3n) is 1.65. The molecule has 0 fully saturated rings. The zero-order valence-corrected chi connectivity index (χ0v) is 9.64. The first-order valence-electron chi connectivity index (χ1n) is 4.16. The van der Waals surface area contributed by atoms with Crippen LogP contribution in [0.4, 0.5) is 0 Å². The molecule has 1 rings (SSSR count). The zero-order chi connectivity index (χ0) is 12.2. The van der Waals surface area contributed by atoms with E-state index in [0.29, 0.717) is 0 Å². The second-order valence-corrected chi connectivity index (χ2v) is 5.42. The van der Waals surface area contributed by atoms with Gasteiger partial charge in [-0.3, -0.25) is 4.79 Å². The molecule has 1 heterocycles. The molecule has 86 valence electrons. The summed E-state index contributed by atoms with van der Waals surface area (Å²) in [5.41, 5.74) is 0. The summed E-state index contributed by atoms with van der Waals surface area (Å²) in [6.45, 7) is -0.196. The van der Waals surface area contributed by atoms with Gasteiger partial charge in [0.2, 0.25) is 10.0 Å². The monoisotopic (exact) mass is 260 g/mol. The van der Waals surface area contributed by atoms with Gasteiger partial charge in [0.15, 0.2) is 0 Å². The van der Waals surface area contributed by atoms with Crippen molar-refractivity contribution in [3.05, 3.63) is 16.3 Å². The number of nitrogens with zero attached hydrogens (tertiary/aromatic N) is 1. The molecule has 0 aliphatic heterocycles. The topological polar surface area (TPSA) is 107 Å². The lowest BCUT2D eigenvalue weighted by atomic mass is 10.5. The molecule has 0 spiro atoms. The maximum atomic E-state index is 11.6. The number of rotatable bonds is 5. The molecule has 0 bridgehead atoms. The number of carbonyl (C=O) groups is 1. The average Bonchev–Trinajstić information content (AvgIpc) is 2.64. The molecule has 0 radical (unpaired) electrons. The summed E-state index contributed by atoms with van der Waals surface area (Å²) in [6.07, 6.45) is -0.300. The fraction of sp³-hybridized carbons (Fsp3) is 0.250. The van der Waals surface area contributed by atoms with E-state index in [1.165, 1.54) is 11.4 Å². The Morgan fingerprint density at radius 2 is 2.31 bits per heavy atom. The molecule has 0 amide bonds. The molecule has 0 aliphatic carbocycles. The van der Waals surface area contributed by atoms with Crippen molar-refractivity contribution in [2.24, 2.45) is 0 Å². The minimum absolute atomic E-state index is 0.0859. The number of nitrogens with one attached hydrogen (secondary N) is 1. The van der Waals surface area contributed by atoms with Crippen LogP contribution in [0.5, 0.6) is 0 Å². The Morgan fingerprint density at radius 1 is 1.62 bits per heavy atom. The van der Waals surface area contributed by atoms with Crippen molar-refractivity contribution in [2.45, 2.75) is 11.3 Å². The SMILES string of the molecule is N#Cc1sccc1S(=O)(=O)NCCC(=O)O. The van der Waals surface area contributed by atoms with Crippen molar-refractivity contribution in [3.63, 3.8) is 0 Å². The van der Waals surface area contributed by atoms with Crippen molar-refractivity contribution in [1.82, 2.24) is 4.72 Å². The fourth-order valence-corrected chi connectivity index (χ4v) is 3.16. The van der Waals surface area contributed by atoms with Crippen LogP contribution in [-0.4, -0.2) is 26.0 Å². The summed E-state index contributed by atoms with van der Waals surface area (Å²) >= 11 is 1.02. The number of hydrogen-bond acceptors (Lipinski definition) is 5. The van der Waals surface area contributed by atoms with Gasteiger partial charge in [0, 0.05) is 6.54 Å². The van der Waals surface area contributed by atoms with Crippen molar-refractivity contribution in [1.29, 1.82) is 5.26 Å². The molecular formula is C8H8N2O4S2. The van der Waals surface area contributed by atoms with Gasteiger partial charge in [-0.2, -0.15) is 5.26 Å². The Hall–Kier alpha value is -1.43. The average molecular weight is 260 g/mol. The van der Waals surface area contributed by atoms with Crippen molar-refractivity contribution < 1.29 is 18.3 Å². The van der Waals surface area contributed by atoms with Gasteiger partial charge in [-0.1, -0.05) is 0 Å². The van der Waals surface area contributed by atoms with Crippen LogP contribution in [0.15, 0.2) is 16.3 Å². The van der Waals surface area contributed by atoms with Gasteiger partial charge < -0.3 is 5.11 Å². The van der Waals surface area contributed by atoms with Crippen molar-refractivity contribution in [3.8, 4) is 6.07 Å². The van der Waals surface area contributed by atoms with Crippen LogP contribution < -0.4 is 4.72 Å². The number of carboxylic acid groups (broad SMARTS) is 1. The van der Waals surface area contributed by atoms with E-state index in [1.54, 1.807) is 6.07 Å². The lowest BCUT2D eigenvalue weighted by molar-refractivity contribution is -0.136. The van der Waals surface area contributed by atoms with E-state index in [0.717, 1.165) is 11.3 Å². The predicted molar refractivity (Wildman–Crippen MR) is 56.5 cm³/mol. The Bertz CT molecular complexity index is 526. The fourth-order valence-electron chi connectivity index (χ4n) is 0.961. The van der Waals surface area contributed by atoms with E-state index in [9.17, 15) is 13.2 Å². The molecule has 2 N–H and O–H groups in total. The van der Waals surface area contributed by atoms with Gasteiger partial charge in [-0.15, -0.1) is 11.3 Å². The molecule has 0 atom stereocenters. The van der Waals surface area contributed by atoms with Gasteiger partial charge in [0.25, 0.3) is 0 Å². The van der Waals surface area contributed by atoms with E-state index in [4.69, 9.17) is 10.4 Å². The van der Waals surface area contributed by atoms with Crippen LogP contribution in [0.25, 0.3) is 0 Å². The molecule has 6 nitrogen and oxygen atoms in total. The Labute approximate surface area is 96.2 Å². The van der Waals surface area contributed by atoms with E-state index in [1.807, 2.05) is 0 Å². The number of thiophene rings is 1. The highest BCUT2D eigenvalue weighted by atomic mass is 32.2. The number of nitriles is 1. The van der Waals surface area contributed by atoms with Crippen LogP contribution in [0.1, 0.15) is 11.3 Å². The molecule has 1 aromatic rings. The summed E-state index contributed by atoms with van der Waals surface area (Å²) in [5.74, 6) is -1.09. The second kappa shape index (κ2) is 5.07. The van der Waals surface area contributed by atoms with Gasteiger partial charge in [0.05, 0.1) is 6.42 Å². The van der Waals surface area contributed by atoms with Gasteiger partial charge >= 0.3 is 5.97 Å². The first-order valence-corrected chi connectivity index (χ1v) is 6.52. The van der Waals surface area contributed by atoms with Crippen molar-refractivity contribution >= 4 is 27.3 Å². The summed E-state index contributed by atoms with van der Waals surface area (Å²) in [7, 11) is -3.78. The lowest BCUT2D eigenvalue weighted by Crippen LogP contribution is -2.26. The third kappa shape index (κ3) is 3.03. The number of sulfonamides is 1. The Kier molecular flexibility index (Phi) is 4.00. The highest BCUT2D eigenvalue weighted by Gasteiger charge is 2.19. The quantitative estimate of drug-likeness (QED) is 0.795. The first kappa shape index (κ1) is 12.6.